The van der Waals surface area contributed by atoms with Crippen molar-refractivity contribution in [3.05, 3.63) is 36.4 Å². The normalized spacial score (nSPS) is 9.31. The Hall–Kier alpha value is -1.77. The van der Waals surface area contributed by atoms with E-state index in [9.17, 15) is 4.79 Å². The van der Waals surface area contributed by atoms with Crippen molar-refractivity contribution < 1.29 is 14.6 Å². The van der Waals surface area contributed by atoms with E-state index in [0.29, 0.717) is 11.3 Å². The zero-order valence-corrected chi connectivity index (χ0v) is 7.28. The van der Waals surface area contributed by atoms with Gasteiger partial charge in [0.1, 0.15) is 5.75 Å². The lowest BCUT2D eigenvalue weighted by atomic mass is 10.1. The highest BCUT2D eigenvalue weighted by Gasteiger charge is 2.06. The third kappa shape index (κ3) is 2.08. The quantitative estimate of drug-likeness (QED) is 0.718. The molecule has 0 atom stereocenters. The Balaban J connectivity index is 2.92. The van der Waals surface area contributed by atoms with Crippen LogP contribution in [0.25, 0.3) is 5.57 Å². The first-order chi connectivity index (χ1) is 6.15. The van der Waals surface area contributed by atoms with Crippen LogP contribution < -0.4 is 4.74 Å². The maximum Gasteiger partial charge on any atom is 0.335 e. The molecule has 0 saturated heterocycles. The summed E-state index contributed by atoms with van der Waals surface area (Å²) in [7, 11) is 1.56. The molecule has 1 rings (SSSR count). The van der Waals surface area contributed by atoms with Crippen LogP contribution in [0, 0.1) is 0 Å². The Labute approximate surface area is 76.3 Å². The number of carboxylic acids is 1. The lowest BCUT2D eigenvalue weighted by Gasteiger charge is -2.02. The standard InChI is InChI=1S/C10H10O3/c1-7(10(11)12)8-3-5-9(13-2)6-4-8/h3-6H,1H2,2H3,(H,11,12). The van der Waals surface area contributed by atoms with Gasteiger partial charge in [0.25, 0.3) is 0 Å². The van der Waals surface area contributed by atoms with Gasteiger partial charge in [-0.15, -0.1) is 0 Å². The number of methoxy groups -OCH3 is 1. The van der Waals surface area contributed by atoms with Crippen molar-refractivity contribution in [3.8, 4) is 5.75 Å². The average Bonchev–Trinajstić information content (AvgIpc) is 2.17. The van der Waals surface area contributed by atoms with E-state index in [1.165, 1.54) is 0 Å². The van der Waals surface area contributed by atoms with Crippen molar-refractivity contribution in [2.75, 3.05) is 7.11 Å². The van der Waals surface area contributed by atoms with Crippen molar-refractivity contribution in [2.24, 2.45) is 0 Å². The molecule has 0 aliphatic rings. The van der Waals surface area contributed by atoms with Gasteiger partial charge in [-0.1, -0.05) is 18.7 Å². The molecule has 0 saturated carbocycles. The maximum atomic E-state index is 10.5. The minimum Gasteiger partial charge on any atom is -0.497 e. The molecule has 0 aliphatic heterocycles. The molecule has 0 bridgehead atoms. The van der Waals surface area contributed by atoms with Gasteiger partial charge in [-0.25, -0.2) is 4.79 Å². The summed E-state index contributed by atoms with van der Waals surface area (Å²) < 4.78 is 4.93. The zero-order chi connectivity index (χ0) is 9.84. The van der Waals surface area contributed by atoms with Crippen LogP contribution >= 0.6 is 0 Å². The fraction of sp³-hybridized carbons (Fsp3) is 0.100. The van der Waals surface area contributed by atoms with Crippen LogP contribution in [0.5, 0.6) is 5.75 Å². The average molecular weight is 178 g/mol. The summed E-state index contributed by atoms with van der Waals surface area (Å²) in [4.78, 5) is 10.5. The fourth-order valence-corrected chi connectivity index (χ4v) is 0.916. The first-order valence-electron chi connectivity index (χ1n) is 3.72. The Morgan fingerprint density at radius 3 is 2.31 bits per heavy atom. The second kappa shape index (κ2) is 3.76. The Morgan fingerprint density at radius 2 is 1.92 bits per heavy atom. The summed E-state index contributed by atoms with van der Waals surface area (Å²) in [5, 5.41) is 8.63. The van der Waals surface area contributed by atoms with Gasteiger partial charge in [0.2, 0.25) is 0 Å². The number of aliphatic carboxylic acids is 1. The van der Waals surface area contributed by atoms with Crippen molar-refractivity contribution >= 4 is 11.5 Å². The van der Waals surface area contributed by atoms with Gasteiger partial charge >= 0.3 is 5.97 Å². The first-order valence-corrected chi connectivity index (χ1v) is 3.72. The molecule has 68 valence electrons. The molecule has 0 radical (unpaired) electrons. The van der Waals surface area contributed by atoms with Gasteiger partial charge in [-0.05, 0) is 17.7 Å². The third-order valence-corrected chi connectivity index (χ3v) is 1.70. The summed E-state index contributed by atoms with van der Waals surface area (Å²) in [5.41, 5.74) is 0.677. The van der Waals surface area contributed by atoms with E-state index in [1.54, 1.807) is 31.4 Å². The number of benzene rings is 1. The minimum absolute atomic E-state index is 0.0858. The van der Waals surface area contributed by atoms with Gasteiger partial charge in [-0.2, -0.15) is 0 Å². The zero-order valence-electron chi connectivity index (χ0n) is 7.28. The van der Waals surface area contributed by atoms with Crippen LogP contribution in [0.3, 0.4) is 0 Å². The van der Waals surface area contributed by atoms with E-state index in [4.69, 9.17) is 9.84 Å². The molecule has 1 N–H and O–H groups in total. The van der Waals surface area contributed by atoms with Gasteiger partial charge < -0.3 is 9.84 Å². The number of hydrogen-bond acceptors (Lipinski definition) is 2. The van der Waals surface area contributed by atoms with Gasteiger partial charge in [0.15, 0.2) is 0 Å². The highest BCUT2D eigenvalue weighted by atomic mass is 16.5. The molecule has 0 aromatic heterocycles. The topological polar surface area (TPSA) is 46.5 Å². The van der Waals surface area contributed by atoms with Gasteiger partial charge in [-0.3, -0.25) is 0 Å². The predicted octanol–water partition coefficient (Wildman–Crippen LogP) is 1.79. The molecule has 13 heavy (non-hydrogen) atoms. The molecular weight excluding hydrogens is 168 g/mol. The summed E-state index contributed by atoms with van der Waals surface area (Å²) in [6, 6.07) is 6.72. The van der Waals surface area contributed by atoms with E-state index in [0.717, 1.165) is 0 Å². The van der Waals surface area contributed by atoms with Crippen LogP contribution in [0.15, 0.2) is 30.8 Å². The summed E-state index contributed by atoms with van der Waals surface area (Å²) in [6.45, 7) is 3.44. The molecule has 1 aromatic carbocycles. The number of carbonyl (C=O) groups is 1. The summed E-state index contributed by atoms with van der Waals surface area (Å²) in [6.07, 6.45) is 0. The highest BCUT2D eigenvalue weighted by molar-refractivity contribution is 6.14. The molecule has 1 aromatic rings. The van der Waals surface area contributed by atoms with Crippen LogP contribution in [0.4, 0.5) is 0 Å². The summed E-state index contributed by atoms with van der Waals surface area (Å²) in [5.74, 6) is -0.313. The number of rotatable bonds is 3. The van der Waals surface area contributed by atoms with Crippen molar-refractivity contribution in [1.82, 2.24) is 0 Å². The third-order valence-electron chi connectivity index (χ3n) is 1.70. The smallest absolute Gasteiger partial charge is 0.335 e. The van der Waals surface area contributed by atoms with Gasteiger partial charge in [0.05, 0.1) is 12.7 Å². The lowest BCUT2D eigenvalue weighted by Crippen LogP contribution is -1.97. The Bertz CT molecular complexity index is 325. The van der Waals surface area contributed by atoms with Crippen molar-refractivity contribution in [1.29, 1.82) is 0 Å². The van der Waals surface area contributed by atoms with Crippen molar-refractivity contribution in [2.45, 2.75) is 0 Å². The van der Waals surface area contributed by atoms with Crippen LogP contribution in [0.2, 0.25) is 0 Å². The molecule has 3 nitrogen and oxygen atoms in total. The van der Waals surface area contributed by atoms with Crippen LogP contribution in [0.1, 0.15) is 5.56 Å². The second-order valence-corrected chi connectivity index (χ2v) is 2.51. The maximum absolute atomic E-state index is 10.5. The Kier molecular flexibility index (Phi) is 2.69. The van der Waals surface area contributed by atoms with E-state index in [1.807, 2.05) is 0 Å². The molecule has 3 heteroatoms. The predicted molar refractivity (Wildman–Crippen MR) is 49.7 cm³/mol. The molecule has 0 fully saturated rings. The minimum atomic E-state index is -1.01. The number of carboxylic acid groups (broad SMARTS) is 1. The lowest BCUT2D eigenvalue weighted by molar-refractivity contribution is -0.130. The Morgan fingerprint density at radius 1 is 1.38 bits per heavy atom. The van der Waals surface area contributed by atoms with Gasteiger partial charge in [0, 0.05) is 0 Å². The summed E-state index contributed by atoms with van der Waals surface area (Å²) >= 11 is 0. The molecule has 0 aliphatic carbocycles. The SMILES string of the molecule is C=C(C(=O)O)c1ccc(OC)cc1. The molecule has 0 unspecified atom stereocenters. The highest BCUT2D eigenvalue weighted by Crippen LogP contribution is 2.16. The van der Waals surface area contributed by atoms with E-state index in [-0.39, 0.29) is 5.57 Å². The largest absolute Gasteiger partial charge is 0.497 e. The van der Waals surface area contributed by atoms with Crippen molar-refractivity contribution in [3.63, 3.8) is 0 Å². The van der Waals surface area contributed by atoms with Crippen LogP contribution in [-0.4, -0.2) is 18.2 Å². The van der Waals surface area contributed by atoms with E-state index >= 15 is 0 Å². The first kappa shape index (κ1) is 9.32. The fourth-order valence-electron chi connectivity index (χ4n) is 0.916. The molecular formula is C10H10O3. The van der Waals surface area contributed by atoms with E-state index in [2.05, 4.69) is 6.58 Å². The van der Waals surface area contributed by atoms with Crippen LogP contribution in [-0.2, 0) is 4.79 Å². The second-order valence-electron chi connectivity index (χ2n) is 2.51. The monoisotopic (exact) mass is 178 g/mol. The number of hydrogen-bond donors (Lipinski definition) is 1. The molecule has 0 amide bonds. The number of ether oxygens (including phenoxy) is 1. The molecule has 0 spiro atoms. The van der Waals surface area contributed by atoms with E-state index < -0.39 is 5.97 Å². The molecule has 0 heterocycles.